The number of amides is 1. The van der Waals surface area contributed by atoms with E-state index in [1.807, 2.05) is 10.9 Å². The first-order valence-electron chi connectivity index (χ1n) is 10.6. The van der Waals surface area contributed by atoms with Gasteiger partial charge in [0.2, 0.25) is 0 Å². The lowest BCUT2D eigenvalue weighted by Gasteiger charge is -2.40. The number of nitrogens with zero attached hydrogens (tertiary/aromatic N) is 4. The van der Waals surface area contributed by atoms with E-state index >= 15 is 0 Å². The third kappa shape index (κ3) is 4.00. The third-order valence-electron chi connectivity index (χ3n) is 6.33. The van der Waals surface area contributed by atoms with Gasteiger partial charge in [-0.15, -0.1) is 0 Å². The van der Waals surface area contributed by atoms with Gasteiger partial charge in [0.25, 0.3) is 5.91 Å². The van der Waals surface area contributed by atoms with Crippen molar-refractivity contribution in [2.45, 2.75) is 52.6 Å². The van der Waals surface area contributed by atoms with Crippen molar-refractivity contribution in [1.82, 2.24) is 19.6 Å². The summed E-state index contributed by atoms with van der Waals surface area (Å²) in [6.45, 7) is 11.3. The van der Waals surface area contributed by atoms with Gasteiger partial charge in [-0.05, 0) is 52.1 Å². The lowest BCUT2D eigenvalue weighted by molar-refractivity contribution is 0.0675. The van der Waals surface area contributed by atoms with E-state index in [1.54, 1.807) is 6.20 Å². The molecule has 2 fully saturated rings. The second kappa shape index (κ2) is 7.70. The predicted molar refractivity (Wildman–Crippen MR) is 111 cm³/mol. The zero-order chi connectivity index (χ0) is 19.7. The molecule has 28 heavy (non-hydrogen) atoms. The maximum atomic E-state index is 13.0. The van der Waals surface area contributed by atoms with Crippen LogP contribution in [0.2, 0.25) is 0 Å². The summed E-state index contributed by atoms with van der Waals surface area (Å²) in [5.41, 5.74) is 3.69. The molecule has 0 aliphatic carbocycles. The van der Waals surface area contributed by atoms with Crippen LogP contribution in [-0.4, -0.2) is 51.7 Å². The molecule has 0 N–H and O–H groups in total. The van der Waals surface area contributed by atoms with Crippen LogP contribution in [0.3, 0.4) is 0 Å². The fourth-order valence-corrected chi connectivity index (χ4v) is 4.87. The predicted octanol–water partition coefficient (Wildman–Crippen LogP) is 3.90. The van der Waals surface area contributed by atoms with Crippen LogP contribution in [0.5, 0.6) is 0 Å². The highest BCUT2D eigenvalue weighted by atomic mass is 16.2. The van der Waals surface area contributed by atoms with Crippen LogP contribution >= 0.6 is 0 Å². The highest BCUT2D eigenvalue weighted by Crippen LogP contribution is 2.39. The number of carbonyl (C=O) groups is 1. The minimum atomic E-state index is 0.139. The minimum absolute atomic E-state index is 0.139. The highest BCUT2D eigenvalue weighted by molar-refractivity contribution is 5.94. The largest absolute Gasteiger partial charge is 0.338 e. The Hall–Kier alpha value is -2.14. The number of rotatable bonds is 4. The van der Waals surface area contributed by atoms with Gasteiger partial charge in [-0.25, -0.2) is 0 Å². The Balaban J connectivity index is 1.40. The van der Waals surface area contributed by atoms with Crippen LogP contribution in [0.25, 0.3) is 0 Å². The molecule has 5 heteroatoms. The number of likely N-dealkylation sites (tertiary alicyclic amines) is 2. The van der Waals surface area contributed by atoms with E-state index in [4.69, 9.17) is 0 Å². The van der Waals surface area contributed by atoms with E-state index < -0.39 is 0 Å². The SMILES string of the molecule is Cc1cccc(CN2CCC[C@@]3(CCN(C(=O)c4cnn(C(C)C)c4)C3)C2)c1. The summed E-state index contributed by atoms with van der Waals surface area (Å²) in [7, 11) is 0. The van der Waals surface area contributed by atoms with Gasteiger partial charge < -0.3 is 4.90 Å². The molecule has 2 aliphatic rings. The average molecular weight is 381 g/mol. The van der Waals surface area contributed by atoms with Crippen molar-refractivity contribution in [3.63, 3.8) is 0 Å². The van der Waals surface area contributed by atoms with Gasteiger partial charge in [-0.1, -0.05) is 29.8 Å². The molecular formula is C23H32N4O. The second-order valence-electron chi connectivity index (χ2n) is 9.08. The first kappa shape index (κ1) is 19.2. The third-order valence-corrected chi connectivity index (χ3v) is 6.33. The van der Waals surface area contributed by atoms with Crippen LogP contribution in [0.4, 0.5) is 0 Å². The number of aryl methyl sites for hydroxylation is 1. The molecule has 0 unspecified atom stereocenters. The number of aromatic nitrogens is 2. The molecule has 0 saturated carbocycles. The fourth-order valence-electron chi connectivity index (χ4n) is 4.87. The lowest BCUT2D eigenvalue weighted by atomic mass is 9.79. The van der Waals surface area contributed by atoms with Crippen molar-refractivity contribution in [2.24, 2.45) is 5.41 Å². The number of piperidine rings is 1. The van der Waals surface area contributed by atoms with Crippen LogP contribution in [-0.2, 0) is 6.54 Å². The van der Waals surface area contributed by atoms with E-state index in [9.17, 15) is 4.79 Å². The summed E-state index contributed by atoms with van der Waals surface area (Å²) < 4.78 is 1.86. The van der Waals surface area contributed by atoms with Gasteiger partial charge in [-0.2, -0.15) is 5.10 Å². The summed E-state index contributed by atoms with van der Waals surface area (Å²) in [4.78, 5) is 17.6. The molecule has 1 amide bonds. The summed E-state index contributed by atoms with van der Waals surface area (Å²) in [5.74, 6) is 0.139. The van der Waals surface area contributed by atoms with Gasteiger partial charge in [0.1, 0.15) is 0 Å². The first-order valence-corrected chi connectivity index (χ1v) is 10.6. The lowest BCUT2D eigenvalue weighted by Crippen LogP contribution is -2.45. The topological polar surface area (TPSA) is 41.4 Å². The molecule has 4 rings (SSSR count). The summed E-state index contributed by atoms with van der Waals surface area (Å²) in [5, 5.41) is 4.34. The number of carbonyl (C=O) groups excluding carboxylic acids is 1. The van der Waals surface area contributed by atoms with E-state index in [0.717, 1.165) is 44.7 Å². The second-order valence-corrected chi connectivity index (χ2v) is 9.08. The Kier molecular flexibility index (Phi) is 5.28. The minimum Gasteiger partial charge on any atom is -0.338 e. The molecule has 2 aromatic rings. The molecule has 150 valence electrons. The molecule has 5 nitrogen and oxygen atoms in total. The van der Waals surface area contributed by atoms with Crippen LogP contribution in [0.1, 0.15) is 60.6 Å². The fraction of sp³-hybridized carbons (Fsp3) is 0.565. The molecule has 1 aromatic carbocycles. The van der Waals surface area contributed by atoms with Gasteiger partial charge in [0.05, 0.1) is 11.8 Å². The van der Waals surface area contributed by atoms with Gasteiger partial charge >= 0.3 is 0 Å². The van der Waals surface area contributed by atoms with Crippen LogP contribution in [0.15, 0.2) is 36.7 Å². The number of benzene rings is 1. The van der Waals surface area contributed by atoms with E-state index in [-0.39, 0.29) is 17.4 Å². The monoisotopic (exact) mass is 380 g/mol. The normalized spacial score (nSPS) is 23.1. The summed E-state index contributed by atoms with van der Waals surface area (Å²) in [6.07, 6.45) is 7.17. The maximum Gasteiger partial charge on any atom is 0.257 e. The number of hydrogen-bond donors (Lipinski definition) is 0. The molecular weight excluding hydrogens is 348 g/mol. The van der Waals surface area contributed by atoms with Crippen LogP contribution < -0.4 is 0 Å². The summed E-state index contributed by atoms with van der Waals surface area (Å²) >= 11 is 0. The van der Waals surface area contributed by atoms with E-state index in [2.05, 4.69) is 59.9 Å². The van der Waals surface area contributed by atoms with E-state index in [0.29, 0.717) is 0 Å². The molecule has 2 aliphatic heterocycles. The quantitative estimate of drug-likeness (QED) is 0.808. The van der Waals surface area contributed by atoms with Crippen molar-refractivity contribution in [2.75, 3.05) is 26.2 Å². The van der Waals surface area contributed by atoms with Gasteiger partial charge in [0, 0.05) is 43.8 Å². The maximum absolute atomic E-state index is 13.0. The smallest absolute Gasteiger partial charge is 0.257 e. The molecule has 0 bridgehead atoms. The zero-order valence-corrected chi connectivity index (χ0v) is 17.4. The highest BCUT2D eigenvalue weighted by Gasteiger charge is 2.43. The standard InChI is InChI=1S/C23H32N4O/c1-18(2)27-15-21(13-24-27)22(28)26-11-9-23(17-26)8-5-10-25(16-23)14-20-7-4-6-19(3)12-20/h4,6-7,12-13,15,18H,5,8-11,14,16-17H2,1-3H3/t23-/m1/s1. The molecule has 3 heterocycles. The number of hydrogen-bond acceptors (Lipinski definition) is 3. The van der Waals surface area contributed by atoms with Gasteiger partial charge in [-0.3, -0.25) is 14.4 Å². The van der Waals surface area contributed by atoms with Crippen molar-refractivity contribution < 1.29 is 4.79 Å². The first-order chi connectivity index (χ1) is 13.4. The van der Waals surface area contributed by atoms with Gasteiger partial charge in [0.15, 0.2) is 0 Å². The summed E-state index contributed by atoms with van der Waals surface area (Å²) in [6, 6.07) is 9.10. The Labute approximate surface area is 168 Å². The van der Waals surface area contributed by atoms with Crippen molar-refractivity contribution in [3.05, 3.63) is 53.3 Å². The molecule has 1 atom stereocenters. The average Bonchev–Trinajstić information content (AvgIpc) is 3.29. The Morgan fingerprint density at radius 3 is 2.82 bits per heavy atom. The van der Waals surface area contributed by atoms with Crippen molar-refractivity contribution >= 4 is 5.91 Å². The molecule has 2 saturated heterocycles. The molecule has 1 spiro atoms. The molecule has 1 aromatic heterocycles. The Morgan fingerprint density at radius 2 is 2.07 bits per heavy atom. The Morgan fingerprint density at radius 1 is 1.21 bits per heavy atom. The zero-order valence-electron chi connectivity index (χ0n) is 17.4. The van der Waals surface area contributed by atoms with Crippen molar-refractivity contribution in [1.29, 1.82) is 0 Å². The van der Waals surface area contributed by atoms with E-state index in [1.165, 1.54) is 24.0 Å². The molecule has 0 radical (unpaired) electrons. The van der Waals surface area contributed by atoms with Crippen LogP contribution in [0, 0.1) is 12.3 Å². The van der Waals surface area contributed by atoms with Crippen molar-refractivity contribution in [3.8, 4) is 0 Å². The Bertz CT molecular complexity index is 843.